The number of hydrogen-bond acceptors (Lipinski definition) is 6. The molecule has 0 aromatic carbocycles. The van der Waals surface area contributed by atoms with E-state index in [2.05, 4.69) is 13.5 Å². The van der Waals surface area contributed by atoms with Crippen molar-refractivity contribution in [3.05, 3.63) is 35.5 Å². The first kappa shape index (κ1) is 19.4. The summed E-state index contributed by atoms with van der Waals surface area (Å²) in [6.45, 7) is 7.82. The van der Waals surface area contributed by atoms with Gasteiger partial charge in [0.15, 0.2) is 0 Å². The Labute approximate surface area is 159 Å². The molecular weight excluding hydrogens is 348 g/mol. The van der Waals surface area contributed by atoms with Gasteiger partial charge in [0.1, 0.15) is 18.3 Å². The third-order valence-electron chi connectivity index (χ3n) is 5.23. The van der Waals surface area contributed by atoms with Crippen molar-refractivity contribution >= 4 is 17.9 Å². The Kier molecular flexibility index (Phi) is 5.82. The largest absolute Gasteiger partial charge is 0.458 e. The lowest BCUT2D eigenvalue weighted by Crippen LogP contribution is -2.33. The van der Waals surface area contributed by atoms with E-state index in [4.69, 9.17) is 14.2 Å². The van der Waals surface area contributed by atoms with Gasteiger partial charge >= 0.3 is 17.9 Å². The lowest BCUT2D eigenvalue weighted by Gasteiger charge is -2.26. The zero-order chi connectivity index (χ0) is 19.6. The van der Waals surface area contributed by atoms with Crippen LogP contribution in [-0.4, -0.2) is 36.2 Å². The first-order valence-electron chi connectivity index (χ1n) is 9.57. The number of carbonyl (C=O) groups excluding carboxylic acids is 3. The van der Waals surface area contributed by atoms with Gasteiger partial charge in [0.25, 0.3) is 0 Å². The summed E-state index contributed by atoms with van der Waals surface area (Å²) in [6.07, 6.45) is 5.91. The molecule has 2 aliphatic heterocycles. The Morgan fingerprint density at radius 3 is 2.70 bits per heavy atom. The molecule has 0 aromatic rings. The number of esters is 3. The second-order valence-corrected chi connectivity index (χ2v) is 7.46. The lowest BCUT2D eigenvalue weighted by atomic mass is 9.85. The summed E-state index contributed by atoms with van der Waals surface area (Å²) >= 11 is 0. The molecule has 2 bridgehead atoms. The SMILES string of the molecule is C=C1C(=O)O[C@H]2CC3=C[C@H](C/C(C)=C/[C@@H](OC(=O)CCCCC)[C@H]12)OC3=O. The number of carbonyl (C=O) groups is 3. The van der Waals surface area contributed by atoms with Gasteiger partial charge in [0.05, 0.1) is 5.92 Å². The Hall–Kier alpha value is -2.37. The lowest BCUT2D eigenvalue weighted by molar-refractivity contribution is -0.150. The quantitative estimate of drug-likeness (QED) is 0.242. The smallest absolute Gasteiger partial charge is 0.334 e. The molecule has 0 amide bonds. The average molecular weight is 374 g/mol. The fraction of sp³-hybridized carbons (Fsp3) is 0.571. The Morgan fingerprint density at radius 2 is 1.96 bits per heavy atom. The Morgan fingerprint density at radius 1 is 1.19 bits per heavy atom. The summed E-state index contributed by atoms with van der Waals surface area (Å²) in [4.78, 5) is 36.5. The monoisotopic (exact) mass is 374 g/mol. The van der Waals surface area contributed by atoms with Gasteiger partial charge < -0.3 is 14.2 Å². The van der Waals surface area contributed by atoms with Crippen LogP contribution in [0.4, 0.5) is 0 Å². The predicted molar refractivity (Wildman–Crippen MR) is 97.5 cm³/mol. The van der Waals surface area contributed by atoms with Gasteiger partial charge in [0, 0.05) is 30.4 Å². The molecule has 27 heavy (non-hydrogen) atoms. The van der Waals surface area contributed by atoms with Crippen molar-refractivity contribution in [2.24, 2.45) is 5.92 Å². The van der Waals surface area contributed by atoms with Crippen LogP contribution >= 0.6 is 0 Å². The first-order valence-corrected chi connectivity index (χ1v) is 9.57. The van der Waals surface area contributed by atoms with E-state index in [1.54, 1.807) is 6.08 Å². The molecule has 3 aliphatic rings. The number of fused-ring (bicyclic) bond motifs is 2. The molecule has 1 fully saturated rings. The van der Waals surface area contributed by atoms with Gasteiger partial charge in [-0.25, -0.2) is 9.59 Å². The van der Waals surface area contributed by atoms with Crippen molar-refractivity contribution in [2.75, 3.05) is 0 Å². The Balaban J connectivity index is 1.86. The molecule has 3 rings (SSSR count). The highest BCUT2D eigenvalue weighted by molar-refractivity contribution is 5.93. The predicted octanol–water partition coefficient (Wildman–Crippen LogP) is 3.17. The zero-order valence-electron chi connectivity index (χ0n) is 15.9. The summed E-state index contributed by atoms with van der Waals surface area (Å²) < 4.78 is 16.6. The van der Waals surface area contributed by atoms with Crippen LogP contribution in [0.25, 0.3) is 0 Å². The summed E-state index contributed by atoms with van der Waals surface area (Å²) in [5.74, 6) is -1.69. The van der Waals surface area contributed by atoms with Crippen molar-refractivity contribution in [1.82, 2.24) is 0 Å². The molecule has 6 heteroatoms. The minimum atomic E-state index is -0.642. The molecule has 0 N–H and O–H groups in total. The second-order valence-electron chi connectivity index (χ2n) is 7.46. The molecule has 0 aromatic heterocycles. The third-order valence-corrected chi connectivity index (χ3v) is 5.23. The van der Waals surface area contributed by atoms with Gasteiger partial charge in [-0.05, 0) is 25.5 Å². The van der Waals surface area contributed by atoms with Crippen LogP contribution in [0.2, 0.25) is 0 Å². The van der Waals surface area contributed by atoms with E-state index in [1.165, 1.54) is 0 Å². The third kappa shape index (κ3) is 4.31. The summed E-state index contributed by atoms with van der Waals surface area (Å²) in [7, 11) is 0. The fourth-order valence-electron chi connectivity index (χ4n) is 3.84. The molecule has 146 valence electrons. The highest BCUT2D eigenvalue weighted by Gasteiger charge is 2.46. The van der Waals surface area contributed by atoms with E-state index in [1.807, 2.05) is 13.0 Å². The van der Waals surface area contributed by atoms with Crippen LogP contribution in [0.1, 0.15) is 52.4 Å². The molecule has 4 atom stereocenters. The number of unbranched alkanes of at least 4 members (excludes halogenated alkanes) is 2. The molecule has 0 saturated carbocycles. The van der Waals surface area contributed by atoms with Crippen LogP contribution < -0.4 is 0 Å². The Bertz CT molecular complexity index is 716. The van der Waals surface area contributed by atoms with Crippen molar-refractivity contribution in [3.8, 4) is 0 Å². The first-order chi connectivity index (χ1) is 12.9. The normalized spacial score (nSPS) is 32.0. The zero-order valence-corrected chi connectivity index (χ0v) is 15.9. The molecule has 0 spiro atoms. The maximum Gasteiger partial charge on any atom is 0.334 e. The van der Waals surface area contributed by atoms with E-state index in [0.717, 1.165) is 24.8 Å². The molecule has 2 heterocycles. The van der Waals surface area contributed by atoms with E-state index >= 15 is 0 Å². The molecule has 0 unspecified atom stereocenters. The highest BCUT2D eigenvalue weighted by Crippen LogP contribution is 2.38. The molecule has 1 saturated heterocycles. The van der Waals surface area contributed by atoms with Crippen molar-refractivity contribution < 1.29 is 28.6 Å². The molecular formula is C21H26O6. The number of rotatable bonds is 5. The summed E-state index contributed by atoms with van der Waals surface area (Å²) in [5.41, 5.74) is 1.70. The number of ether oxygens (including phenoxy) is 3. The maximum absolute atomic E-state index is 12.3. The standard InChI is InChI=1S/C21H26O6/c1-4-5-6-7-18(22)26-16-9-12(2)8-15-10-14(21(24)25-15)11-17-19(16)13(3)20(23)27-17/h9-10,15-17,19H,3-8,11H2,1-2H3/b12-9+/t15-,16+,17-,19-/m0/s1. The maximum atomic E-state index is 12.3. The van der Waals surface area contributed by atoms with Crippen molar-refractivity contribution in [3.63, 3.8) is 0 Å². The molecule has 6 nitrogen and oxygen atoms in total. The van der Waals surface area contributed by atoms with Gasteiger partial charge in [-0.1, -0.05) is 31.9 Å². The molecule has 1 aliphatic carbocycles. The van der Waals surface area contributed by atoms with Crippen LogP contribution in [0, 0.1) is 5.92 Å². The van der Waals surface area contributed by atoms with Crippen molar-refractivity contribution in [1.29, 1.82) is 0 Å². The summed E-state index contributed by atoms with van der Waals surface area (Å²) in [5, 5.41) is 0. The molecule has 0 radical (unpaired) electrons. The minimum Gasteiger partial charge on any atom is -0.458 e. The van der Waals surface area contributed by atoms with E-state index in [9.17, 15) is 14.4 Å². The van der Waals surface area contributed by atoms with Gasteiger partial charge in [-0.15, -0.1) is 0 Å². The minimum absolute atomic E-state index is 0.238. The average Bonchev–Trinajstić information content (AvgIpc) is 3.06. The van der Waals surface area contributed by atoms with Crippen LogP contribution in [-0.2, 0) is 28.6 Å². The summed E-state index contributed by atoms with van der Waals surface area (Å²) in [6, 6.07) is 0. The van der Waals surface area contributed by atoms with E-state index in [-0.39, 0.29) is 30.0 Å². The van der Waals surface area contributed by atoms with Gasteiger partial charge in [-0.2, -0.15) is 0 Å². The van der Waals surface area contributed by atoms with E-state index in [0.29, 0.717) is 18.4 Å². The second kappa shape index (κ2) is 8.11. The van der Waals surface area contributed by atoms with Crippen LogP contribution in [0.3, 0.4) is 0 Å². The van der Waals surface area contributed by atoms with Crippen LogP contribution in [0.15, 0.2) is 35.5 Å². The van der Waals surface area contributed by atoms with Crippen molar-refractivity contribution in [2.45, 2.75) is 70.7 Å². The van der Waals surface area contributed by atoms with Gasteiger partial charge in [0.2, 0.25) is 0 Å². The number of hydrogen-bond donors (Lipinski definition) is 0. The topological polar surface area (TPSA) is 78.9 Å². The van der Waals surface area contributed by atoms with E-state index < -0.39 is 24.1 Å². The fourth-order valence-corrected chi connectivity index (χ4v) is 3.84. The van der Waals surface area contributed by atoms with Gasteiger partial charge in [-0.3, -0.25) is 4.79 Å². The van der Waals surface area contributed by atoms with Crippen LogP contribution in [0.5, 0.6) is 0 Å². The highest BCUT2D eigenvalue weighted by atomic mass is 16.6.